The number of anilines is 2. The fourth-order valence-electron chi connectivity index (χ4n) is 3.76. The second kappa shape index (κ2) is 9.12. The van der Waals surface area contributed by atoms with Crippen LogP contribution in [-0.2, 0) is 9.59 Å². The first-order chi connectivity index (χ1) is 15.8. The number of halogens is 1. The molecule has 1 heterocycles. The summed E-state index contributed by atoms with van der Waals surface area (Å²) in [7, 11) is 1.51. The number of hydrogen-bond acceptors (Lipinski definition) is 4. The molecule has 0 fully saturated rings. The molecule has 4 rings (SSSR count). The monoisotopic (exact) mass is 460 g/mol. The molecule has 0 saturated heterocycles. The number of methoxy groups -OCH3 is 1. The molecule has 0 bridgehead atoms. The van der Waals surface area contributed by atoms with Gasteiger partial charge in [-0.1, -0.05) is 67.4 Å². The van der Waals surface area contributed by atoms with Gasteiger partial charge >= 0.3 is 0 Å². The van der Waals surface area contributed by atoms with Crippen molar-refractivity contribution in [1.29, 1.82) is 0 Å². The van der Waals surface area contributed by atoms with Gasteiger partial charge in [0.1, 0.15) is 11.4 Å². The first-order valence-electron chi connectivity index (χ1n) is 10.7. The zero-order valence-corrected chi connectivity index (χ0v) is 19.7. The number of aryl methyl sites for hydroxylation is 1. The fraction of sp³-hybridized carbons (Fsp3) is 0.185. The number of carbonyl (C=O) groups is 2. The maximum atomic E-state index is 13.5. The Bertz CT molecular complexity index is 1250. The second-order valence-corrected chi connectivity index (χ2v) is 8.69. The van der Waals surface area contributed by atoms with E-state index in [4.69, 9.17) is 16.3 Å². The summed E-state index contributed by atoms with van der Waals surface area (Å²) < 4.78 is 5.20. The van der Waals surface area contributed by atoms with Gasteiger partial charge in [0.25, 0.3) is 11.8 Å². The Hall–Kier alpha value is -3.57. The molecule has 33 heavy (non-hydrogen) atoms. The summed E-state index contributed by atoms with van der Waals surface area (Å²) in [5.41, 5.74) is 4.59. The van der Waals surface area contributed by atoms with Gasteiger partial charge in [0, 0.05) is 5.69 Å². The summed E-state index contributed by atoms with van der Waals surface area (Å²) in [5.74, 6) is 0.0114. The molecule has 0 saturated carbocycles. The van der Waals surface area contributed by atoms with Gasteiger partial charge in [-0.2, -0.15) is 0 Å². The predicted molar refractivity (Wildman–Crippen MR) is 133 cm³/mol. The van der Waals surface area contributed by atoms with Gasteiger partial charge in [0.05, 0.1) is 23.4 Å². The number of amides is 2. The van der Waals surface area contributed by atoms with Gasteiger partial charge in [-0.25, -0.2) is 4.90 Å². The molecule has 3 aromatic rings. The van der Waals surface area contributed by atoms with Gasteiger partial charge in [-0.05, 0) is 54.3 Å². The number of benzene rings is 3. The average Bonchev–Trinajstić information content (AvgIpc) is 3.04. The van der Waals surface area contributed by atoms with Crippen LogP contribution in [0.3, 0.4) is 0 Å². The van der Waals surface area contributed by atoms with Crippen LogP contribution < -0.4 is 15.0 Å². The lowest BCUT2D eigenvalue weighted by Crippen LogP contribution is -2.32. The van der Waals surface area contributed by atoms with Crippen LogP contribution >= 0.6 is 11.6 Å². The molecular weight excluding hydrogens is 436 g/mol. The fourth-order valence-corrected chi connectivity index (χ4v) is 4.01. The molecule has 3 aromatic carbocycles. The average molecular weight is 461 g/mol. The normalized spacial score (nSPS) is 13.8. The Morgan fingerprint density at radius 1 is 0.909 bits per heavy atom. The highest BCUT2D eigenvalue weighted by Gasteiger charge is 2.40. The van der Waals surface area contributed by atoms with E-state index in [1.165, 1.54) is 12.7 Å². The van der Waals surface area contributed by atoms with E-state index in [1.807, 2.05) is 55.5 Å². The van der Waals surface area contributed by atoms with E-state index >= 15 is 0 Å². The molecule has 0 aromatic heterocycles. The molecule has 1 aliphatic rings. The van der Waals surface area contributed by atoms with E-state index in [-0.39, 0.29) is 5.70 Å². The summed E-state index contributed by atoms with van der Waals surface area (Å²) in [6.45, 7) is 6.22. The van der Waals surface area contributed by atoms with Crippen LogP contribution in [0.5, 0.6) is 5.75 Å². The number of imide groups is 1. The van der Waals surface area contributed by atoms with E-state index in [9.17, 15) is 9.59 Å². The van der Waals surface area contributed by atoms with Crippen LogP contribution in [0.4, 0.5) is 11.4 Å². The van der Waals surface area contributed by atoms with Gasteiger partial charge in [-0.15, -0.1) is 0 Å². The van der Waals surface area contributed by atoms with Crippen molar-refractivity contribution < 1.29 is 14.3 Å². The van der Waals surface area contributed by atoms with Gasteiger partial charge in [0.2, 0.25) is 0 Å². The third kappa shape index (κ3) is 4.37. The van der Waals surface area contributed by atoms with Crippen LogP contribution in [0.15, 0.2) is 72.4 Å². The quantitative estimate of drug-likeness (QED) is 0.446. The van der Waals surface area contributed by atoms with Crippen LogP contribution in [0.25, 0.3) is 5.57 Å². The number of nitrogens with zero attached hydrogens (tertiary/aromatic N) is 1. The number of carbonyl (C=O) groups excluding carboxylic acids is 2. The van der Waals surface area contributed by atoms with E-state index < -0.39 is 11.8 Å². The van der Waals surface area contributed by atoms with E-state index in [0.717, 1.165) is 16.2 Å². The Morgan fingerprint density at radius 3 is 2.15 bits per heavy atom. The zero-order chi connectivity index (χ0) is 23.7. The van der Waals surface area contributed by atoms with E-state index in [0.29, 0.717) is 33.5 Å². The number of ether oxygens (including phenoxy) is 1. The molecule has 0 aliphatic carbocycles. The van der Waals surface area contributed by atoms with Crippen LogP contribution in [0.1, 0.15) is 36.5 Å². The van der Waals surface area contributed by atoms with Crippen LogP contribution in [0.2, 0.25) is 5.02 Å². The number of rotatable bonds is 6. The minimum atomic E-state index is -0.440. The smallest absolute Gasteiger partial charge is 0.282 e. The maximum absolute atomic E-state index is 13.5. The molecule has 1 aliphatic heterocycles. The lowest BCUT2D eigenvalue weighted by Gasteiger charge is -2.16. The van der Waals surface area contributed by atoms with Crippen molar-refractivity contribution >= 4 is 40.4 Å². The lowest BCUT2D eigenvalue weighted by molar-refractivity contribution is -0.120. The van der Waals surface area contributed by atoms with Crippen molar-refractivity contribution in [3.05, 3.63) is 94.1 Å². The van der Waals surface area contributed by atoms with Crippen molar-refractivity contribution in [2.75, 3.05) is 17.3 Å². The third-order valence-corrected chi connectivity index (χ3v) is 5.96. The molecule has 168 valence electrons. The minimum absolute atomic E-state index is 0.230. The number of hydrogen-bond donors (Lipinski definition) is 1. The highest BCUT2D eigenvalue weighted by atomic mass is 35.5. The lowest BCUT2D eigenvalue weighted by atomic mass is 10.0. The second-order valence-electron chi connectivity index (χ2n) is 8.28. The highest BCUT2D eigenvalue weighted by Crippen LogP contribution is 2.36. The van der Waals surface area contributed by atoms with Crippen LogP contribution in [-0.4, -0.2) is 18.9 Å². The standard InChI is InChI=1S/C27H25ClN2O3/c1-16(2)18-9-11-20(12-10-18)29-25-24(19-7-5-17(3)6-8-19)26(31)30(27(25)32)21-13-14-23(33-4)22(28)15-21/h5-16,29H,1-4H3. The molecule has 0 spiro atoms. The summed E-state index contributed by atoms with van der Waals surface area (Å²) in [6, 6.07) is 20.2. The largest absolute Gasteiger partial charge is 0.495 e. The molecule has 0 unspecified atom stereocenters. The topological polar surface area (TPSA) is 58.6 Å². The van der Waals surface area contributed by atoms with Crippen molar-refractivity contribution in [1.82, 2.24) is 0 Å². The van der Waals surface area contributed by atoms with Gasteiger partial charge in [0.15, 0.2) is 0 Å². The first-order valence-corrected chi connectivity index (χ1v) is 11.1. The third-order valence-electron chi connectivity index (χ3n) is 5.66. The number of nitrogens with one attached hydrogen (secondary N) is 1. The van der Waals surface area contributed by atoms with Crippen molar-refractivity contribution in [2.24, 2.45) is 0 Å². The minimum Gasteiger partial charge on any atom is -0.495 e. The molecule has 5 nitrogen and oxygen atoms in total. The SMILES string of the molecule is COc1ccc(N2C(=O)C(Nc3ccc(C(C)C)cc3)=C(c3ccc(C)cc3)C2=O)cc1Cl. The molecular formula is C27H25ClN2O3. The van der Waals surface area contributed by atoms with E-state index in [2.05, 4.69) is 19.2 Å². The Labute approximate surface area is 198 Å². The summed E-state index contributed by atoms with van der Waals surface area (Å²) in [4.78, 5) is 28.2. The Morgan fingerprint density at radius 2 is 1.58 bits per heavy atom. The molecule has 1 N–H and O–H groups in total. The molecule has 0 atom stereocenters. The first kappa shape index (κ1) is 22.6. The Kier molecular flexibility index (Phi) is 6.25. The predicted octanol–water partition coefficient (Wildman–Crippen LogP) is 6.18. The molecule has 0 radical (unpaired) electrons. The van der Waals surface area contributed by atoms with Crippen molar-refractivity contribution in [3.63, 3.8) is 0 Å². The summed E-state index contributed by atoms with van der Waals surface area (Å²) >= 11 is 6.28. The van der Waals surface area contributed by atoms with E-state index in [1.54, 1.807) is 18.2 Å². The van der Waals surface area contributed by atoms with Gasteiger partial charge in [-0.3, -0.25) is 9.59 Å². The summed E-state index contributed by atoms with van der Waals surface area (Å²) in [5, 5.41) is 3.51. The van der Waals surface area contributed by atoms with Gasteiger partial charge < -0.3 is 10.1 Å². The molecule has 2 amide bonds. The summed E-state index contributed by atoms with van der Waals surface area (Å²) in [6.07, 6.45) is 0. The van der Waals surface area contributed by atoms with Crippen molar-refractivity contribution in [2.45, 2.75) is 26.7 Å². The maximum Gasteiger partial charge on any atom is 0.282 e. The Balaban J connectivity index is 1.77. The van der Waals surface area contributed by atoms with Crippen LogP contribution in [0, 0.1) is 6.92 Å². The zero-order valence-electron chi connectivity index (χ0n) is 19.0. The van der Waals surface area contributed by atoms with Crippen molar-refractivity contribution in [3.8, 4) is 5.75 Å². The highest BCUT2D eigenvalue weighted by molar-refractivity contribution is 6.46. The molecule has 6 heteroatoms.